The lowest BCUT2D eigenvalue weighted by Crippen LogP contribution is -2.64. The van der Waals surface area contributed by atoms with Crippen molar-refractivity contribution in [1.82, 2.24) is 0 Å². The normalized spacial score (nSPS) is 24.5. The van der Waals surface area contributed by atoms with Crippen molar-refractivity contribution >= 4 is 11.4 Å². The molecule has 2 aromatic rings. The predicted molar refractivity (Wildman–Crippen MR) is 130 cm³/mol. The molecule has 0 N–H and O–H groups in total. The Morgan fingerprint density at radius 2 is 1.37 bits per heavy atom. The average molecular weight is 399 g/mol. The highest BCUT2D eigenvalue weighted by Gasteiger charge is 2.61. The highest BCUT2D eigenvalue weighted by atomic mass is 15.4. The number of benzene rings is 2. The molecule has 2 heterocycles. The first-order valence-electron chi connectivity index (χ1n) is 11.3. The van der Waals surface area contributed by atoms with Gasteiger partial charge in [-0.2, -0.15) is 0 Å². The maximum Gasteiger partial charge on any atom is 0.117 e. The van der Waals surface area contributed by atoms with Gasteiger partial charge in [0.15, 0.2) is 0 Å². The lowest BCUT2D eigenvalue weighted by molar-refractivity contribution is 0.0673. The molecule has 156 valence electrons. The van der Waals surface area contributed by atoms with Crippen molar-refractivity contribution < 1.29 is 0 Å². The number of anilines is 2. The summed E-state index contributed by atoms with van der Waals surface area (Å²) >= 11 is 0. The van der Waals surface area contributed by atoms with E-state index in [-0.39, 0.29) is 17.0 Å². The summed E-state index contributed by atoms with van der Waals surface area (Å²) in [4.78, 5) is 5.05. The summed E-state index contributed by atoms with van der Waals surface area (Å²) in [6.07, 6.45) is 7.49. The van der Waals surface area contributed by atoms with Gasteiger partial charge in [-0.3, -0.25) is 0 Å². The standard InChI is InChI=1S/C28H34N2/c1-7-23-24(8-2)30-25-20-16-15-19-22(25)27(6,9-3)28(10-4,11-5)26(30)29(23)21-17-13-12-14-18-21/h7-8,12-20,26H,1-2,9-11H2,3-6H3. The van der Waals surface area contributed by atoms with E-state index in [0.717, 1.165) is 30.7 Å². The zero-order valence-corrected chi connectivity index (χ0v) is 18.9. The van der Waals surface area contributed by atoms with E-state index in [0.29, 0.717) is 0 Å². The van der Waals surface area contributed by atoms with E-state index < -0.39 is 0 Å². The van der Waals surface area contributed by atoms with Crippen molar-refractivity contribution in [3.8, 4) is 0 Å². The number of hydrogen-bond donors (Lipinski definition) is 0. The van der Waals surface area contributed by atoms with Crippen molar-refractivity contribution in [1.29, 1.82) is 0 Å². The third-order valence-electron chi connectivity index (χ3n) is 8.01. The van der Waals surface area contributed by atoms with Crippen molar-refractivity contribution in [2.45, 2.75) is 58.5 Å². The summed E-state index contributed by atoms with van der Waals surface area (Å²) in [6, 6.07) is 19.8. The van der Waals surface area contributed by atoms with Gasteiger partial charge in [0.1, 0.15) is 6.17 Å². The molecule has 2 aromatic carbocycles. The van der Waals surface area contributed by atoms with E-state index in [4.69, 9.17) is 0 Å². The number of fused-ring (bicyclic) bond motifs is 3. The lowest BCUT2D eigenvalue weighted by atomic mass is 9.53. The van der Waals surface area contributed by atoms with E-state index in [1.807, 2.05) is 12.2 Å². The van der Waals surface area contributed by atoms with Crippen LogP contribution in [0.15, 0.2) is 91.3 Å². The molecule has 2 unspecified atom stereocenters. The maximum atomic E-state index is 4.21. The van der Waals surface area contributed by atoms with Gasteiger partial charge >= 0.3 is 0 Å². The predicted octanol–water partition coefficient (Wildman–Crippen LogP) is 7.41. The number of allylic oxidation sites excluding steroid dienone is 2. The van der Waals surface area contributed by atoms with Crippen LogP contribution < -0.4 is 9.80 Å². The fourth-order valence-electron chi connectivity index (χ4n) is 6.30. The Morgan fingerprint density at radius 3 is 1.93 bits per heavy atom. The first-order chi connectivity index (χ1) is 14.5. The minimum absolute atomic E-state index is 0.0597. The van der Waals surface area contributed by atoms with Gasteiger partial charge in [-0.25, -0.2) is 0 Å². The van der Waals surface area contributed by atoms with Crippen LogP contribution in [0.2, 0.25) is 0 Å². The molecule has 0 spiro atoms. The van der Waals surface area contributed by atoms with Crippen LogP contribution in [-0.4, -0.2) is 6.17 Å². The molecule has 30 heavy (non-hydrogen) atoms. The molecule has 0 saturated carbocycles. The fourth-order valence-corrected chi connectivity index (χ4v) is 6.30. The lowest BCUT2D eigenvalue weighted by Gasteiger charge is -2.61. The number of hydrogen-bond acceptors (Lipinski definition) is 2. The van der Waals surface area contributed by atoms with E-state index in [1.54, 1.807) is 0 Å². The second-order valence-electron chi connectivity index (χ2n) is 8.69. The second-order valence-corrected chi connectivity index (χ2v) is 8.69. The third kappa shape index (κ3) is 2.43. The molecule has 2 heteroatoms. The Morgan fingerprint density at radius 1 is 0.800 bits per heavy atom. The zero-order valence-electron chi connectivity index (χ0n) is 18.9. The average Bonchev–Trinajstić information content (AvgIpc) is 3.15. The van der Waals surface area contributed by atoms with Crippen LogP contribution in [0.1, 0.15) is 52.5 Å². The third-order valence-corrected chi connectivity index (χ3v) is 8.01. The molecular formula is C28H34N2. The SMILES string of the molecule is C=CC1=C(C=C)N2c3ccccc3C(C)(CC)C(CC)(CC)C2N1c1ccccc1. The Labute approximate surface area is 182 Å². The molecule has 2 nitrogen and oxygen atoms in total. The van der Waals surface area contributed by atoms with Gasteiger partial charge in [-0.15, -0.1) is 0 Å². The van der Waals surface area contributed by atoms with E-state index in [1.165, 1.54) is 16.9 Å². The summed E-state index contributed by atoms with van der Waals surface area (Å²) in [5.41, 5.74) is 6.37. The Bertz CT molecular complexity index is 983. The minimum Gasteiger partial charge on any atom is -0.318 e. The van der Waals surface area contributed by atoms with E-state index >= 15 is 0 Å². The van der Waals surface area contributed by atoms with Crippen molar-refractivity contribution in [2.24, 2.45) is 5.41 Å². The van der Waals surface area contributed by atoms with E-state index in [2.05, 4.69) is 105 Å². The van der Waals surface area contributed by atoms with Crippen molar-refractivity contribution in [3.05, 3.63) is 96.9 Å². The number of nitrogens with zero attached hydrogens (tertiary/aromatic N) is 2. The van der Waals surface area contributed by atoms with Gasteiger partial charge in [-0.05, 0) is 55.2 Å². The summed E-state index contributed by atoms with van der Waals surface area (Å²) < 4.78 is 0. The molecule has 0 aromatic heterocycles. The molecule has 0 aliphatic carbocycles. The van der Waals surface area contributed by atoms with Gasteiger partial charge in [0.05, 0.1) is 11.4 Å². The molecule has 2 aliphatic rings. The molecule has 0 amide bonds. The topological polar surface area (TPSA) is 6.48 Å². The summed E-state index contributed by atoms with van der Waals surface area (Å²) in [6.45, 7) is 18.0. The molecule has 2 aliphatic heterocycles. The zero-order chi connectivity index (χ0) is 21.5. The van der Waals surface area contributed by atoms with Crippen LogP contribution in [0.4, 0.5) is 11.4 Å². The van der Waals surface area contributed by atoms with Crippen molar-refractivity contribution in [3.63, 3.8) is 0 Å². The minimum atomic E-state index is 0.0597. The second kappa shape index (κ2) is 7.50. The van der Waals surface area contributed by atoms with Gasteiger partial charge in [0.2, 0.25) is 0 Å². The first kappa shape index (κ1) is 20.5. The Kier molecular flexibility index (Phi) is 5.13. The quantitative estimate of drug-likeness (QED) is 0.500. The highest BCUT2D eigenvalue weighted by molar-refractivity contribution is 5.76. The monoisotopic (exact) mass is 398 g/mol. The fraction of sp³-hybridized carbons (Fsp3) is 0.357. The summed E-state index contributed by atoms with van der Waals surface area (Å²) in [7, 11) is 0. The molecule has 2 atom stereocenters. The number of rotatable bonds is 6. The molecule has 0 bridgehead atoms. The highest BCUT2D eigenvalue weighted by Crippen LogP contribution is 2.62. The smallest absolute Gasteiger partial charge is 0.117 e. The van der Waals surface area contributed by atoms with Crippen LogP contribution >= 0.6 is 0 Å². The van der Waals surface area contributed by atoms with Crippen LogP contribution in [0.5, 0.6) is 0 Å². The van der Waals surface area contributed by atoms with Gasteiger partial charge in [0.25, 0.3) is 0 Å². The molecule has 0 fully saturated rings. The van der Waals surface area contributed by atoms with Crippen LogP contribution in [-0.2, 0) is 5.41 Å². The van der Waals surface area contributed by atoms with Crippen molar-refractivity contribution in [2.75, 3.05) is 9.80 Å². The Balaban J connectivity index is 2.11. The largest absolute Gasteiger partial charge is 0.318 e. The Hall–Kier alpha value is -2.74. The summed E-state index contributed by atoms with van der Waals surface area (Å²) in [5, 5.41) is 0. The van der Waals surface area contributed by atoms with Crippen LogP contribution in [0.25, 0.3) is 0 Å². The number of para-hydroxylation sites is 2. The maximum absolute atomic E-state index is 4.21. The van der Waals surface area contributed by atoms with Gasteiger partial charge in [-0.1, -0.05) is 77.3 Å². The van der Waals surface area contributed by atoms with Crippen LogP contribution in [0, 0.1) is 5.41 Å². The molecule has 0 saturated heterocycles. The van der Waals surface area contributed by atoms with Gasteiger partial charge < -0.3 is 9.80 Å². The summed E-state index contributed by atoms with van der Waals surface area (Å²) in [5.74, 6) is 0. The molecule has 0 radical (unpaired) electrons. The first-order valence-corrected chi connectivity index (χ1v) is 11.3. The molecular weight excluding hydrogens is 364 g/mol. The molecule has 4 rings (SSSR count). The van der Waals surface area contributed by atoms with Gasteiger partial charge in [0, 0.05) is 22.2 Å². The van der Waals surface area contributed by atoms with Crippen LogP contribution in [0.3, 0.4) is 0 Å². The van der Waals surface area contributed by atoms with E-state index in [9.17, 15) is 0 Å².